The van der Waals surface area contributed by atoms with Crippen LogP contribution in [0, 0.1) is 0 Å². The van der Waals surface area contributed by atoms with E-state index in [1.165, 1.54) is 24.3 Å². The van der Waals surface area contributed by atoms with Crippen molar-refractivity contribution in [1.82, 2.24) is 0 Å². The summed E-state index contributed by atoms with van der Waals surface area (Å²) in [5, 5.41) is 0. The summed E-state index contributed by atoms with van der Waals surface area (Å²) in [5.74, 6) is -4.93. The van der Waals surface area contributed by atoms with Gasteiger partial charge in [-0.3, -0.25) is 24.3 Å². The van der Waals surface area contributed by atoms with Gasteiger partial charge in [0.15, 0.2) is 5.78 Å². The van der Waals surface area contributed by atoms with Gasteiger partial charge in [0.25, 0.3) is 0 Å². The lowest BCUT2D eigenvalue weighted by Crippen LogP contribution is -2.25. The molecule has 252 valence electrons. The van der Waals surface area contributed by atoms with E-state index in [1.54, 1.807) is 83.1 Å². The van der Waals surface area contributed by atoms with Gasteiger partial charge in [-0.15, -0.1) is 0 Å². The van der Waals surface area contributed by atoms with Crippen molar-refractivity contribution in [3.63, 3.8) is 0 Å². The first kappa shape index (κ1) is 38.0. The highest BCUT2D eigenvalue weighted by atomic mass is 17.2. The zero-order valence-electron chi connectivity index (χ0n) is 28.3. The van der Waals surface area contributed by atoms with E-state index in [2.05, 4.69) is 0 Å². The van der Waals surface area contributed by atoms with E-state index in [-0.39, 0.29) is 33.4 Å². The molecule has 2 rings (SSSR count). The Hall–Kier alpha value is -4.17. The van der Waals surface area contributed by atoms with Gasteiger partial charge in [0.1, 0.15) is 22.4 Å². The van der Waals surface area contributed by atoms with Crippen LogP contribution in [0.2, 0.25) is 0 Å². The van der Waals surface area contributed by atoms with E-state index in [4.69, 9.17) is 39.1 Å². The molecule has 2 aromatic carbocycles. The molecule has 2 aromatic rings. The van der Waals surface area contributed by atoms with Crippen molar-refractivity contribution in [2.45, 2.75) is 105 Å². The van der Waals surface area contributed by atoms with Crippen molar-refractivity contribution in [2.75, 3.05) is 0 Å². The lowest BCUT2D eigenvalue weighted by atomic mass is 9.95. The largest absolute Gasteiger partial charge is 0.374 e. The molecule has 0 unspecified atom stereocenters. The minimum Gasteiger partial charge on any atom is -0.292 e. The number of rotatable bonds is 10. The fourth-order valence-electron chi connectivity index (χ4n) is 3.06. The second-order valence-corrected chi connectivity index (χ2v) is 14.1. The summed E-state index contributed by atoms with van der Waals surface area (Å²) >= 11 is 0. The lowest BCUT2D eigenvalue weighted by Gasteiger charge is -2.19. The molecule has 46 heavy (non-hydrogen) atoms. The molecule has 0 aliphatic rings. The molecule has 13 heteroatoms. The van der Waals surface area contributed by atoms with Crippen LogP contribution in [0.5, 0.6) is 0 Å². The van der Waals surface area contributed by atoms with E-state index >= 15 is 0 Å². The summed E-state index contributed by atoms with van der Waals surface area (Å²) in [4.78, 5) is 105. The third-order valence-electron chi connectivity index (χ3n) is 4.91. The van der Waals surface area contributed by atoms with Crippen molar-refractivity contribution in [3.05, 3.63) is 69.8 Å². The molecule has 0 aliphatic carbocycles. The second kappa shape index (κ2) is 14.5. The van der Waals surface area contributed by atoms with E-state index in [0.717, 1.165) is 12.1 Å². The SMILES string of the molecule is CC(C)(C)OOC(=O)c1ccc(C(=O)c2ccc(C(=O)OOC(C)(C)C)c(C(=O)OOC(C)(C)C)c2)cc1C(=O)OOC(C)(C)C. The van der Waals surface area contributed by atoms with Crippen LogP contribution in [0.15, 0.2) is 36.4 Å². The highest BCUT2D eigenvalue weighted by Gasteiger charge is 2.29. The number of ketones is 1. The Labute approximate surface area is 268 Å². The number of benzene rings is 2. The van der Waals surface area contributed by atoms with Gasteiger partial charge in [-0.2, -0.15) is 19.6 Å². The van der Waals surface area contributed by atoms with Crippen molar-refractivity contribution >= 4 is 29.7 Å². The Bertz CT molecular complexity index is 1350. The molecular weight excluding hydrogens is 604 g/mol. The molecule has 0 aliphatic heterocycles. The van der Waals surface area contributed by atoms with Gasteiger partial charge >= 0.3 is 23.9 Å². The molecule has 0 N–H and O–H groups in total. The average Bonchev–Trinajstić information content (AvgIpc) is 2.93. The van der Waals surface area contributed by atoms with Gasteiger partial charge in [0, 0.05) is 11.1 Å². The van der Waals surface area contributed by atoms with Gasteiger partial charge in [-0.25, -0.2) is 19.2 Å². The van der Waals surface area contributed by atoms with Crippen LogP contribution in [0.25, 0.3) is 0 Å². The molecule has 0 atom stereocenters. The number of hydrogen-bond donors (Lipinski definition) is 0. The Morgan fingerprint density at radius 2 is 0.630 bits per heavy atom. The standard InChI is InChI=1S/C33H42O13/c1-30(2,3)43-39-26(35)21-15-13-19(17-23(21)28(37)41-45-32(7,8)9)25(34)20-14-16-22(27(36)40-44-31(4,5)6)24(18-20)29(38)42-46-33(10,11)12/h13-18H,1-12H3. The zero-order chi connectivity index (χ0) is 35.3. The van der Waals surface area contributed by atoms with Gasteiger partial charge in [0.05, 0.1) is 22.3 Å². The number of hydrogen-bond acceptors (Lipinski definition) is 13. The van der Waals surface area contributed by atoms with Gasteiger partial charge in [-0.1, -0.05) is 12.1 Å². The molecule has 0 heterocycles. The monoisotopic (exact) mass is 646 g/mol. The fraction of sp³-hybridized carbons (Fsp3) is 0.485. The normalized spacial score (nSPS) is 12.3. The summed E-state index contributed by atoms with van der Waals surface area (Å²) in [5.41, 5.74) is -4.94. The minimum atomic E-state index is -1.09. The van der Waals surface area contributed by atoms with Crippen molar-refractivity contribution in [3.8, 4) is 0 Å². The van der Waals surface area contributed by atoms with Gasteiger partial charge in [0.2, 0.25) is 0 Å². The molecule has 0 bridgehead atoms. The van der Waals surface area contributed by atoms with Gasteiger partial charge < -0.3 is 0 Å². The van der Waals surface area contributed by atoms with Crippen LogP contribution in [0.3, 0.4) is 0 Å². The molecule has 0 saturated heterocycles. The van der Waals surface area contributed by atoms with Gasteiger partial charge in [-0.05, 0) is 107 Å². The molecule has 0 amide bonds. The highest BCUT2D eigenvalue weighted by molar-refractivity contribution is 6.13. The molecule has 0 fully saturated rings. The van der Waals surface area contributed by atoms with Crippen LogP contribution < -0.4 is 0 Å². The summed E-state index contributed by atoms with van der Waals surface area (Å²) in [6, 6.07) is 7.08. The van der Waals surface area contributed by atoms with Crippen LogP contribution in [-0.2, 0) is 39.1 Å². The number of carbonyl (C=O) groups is 5. The topological polar surface area (TPSA) is 159 Å². The predicted octanol–water partition coefficient (Wildman–Crippen LogP) is 6.47. The molecule has 0 aromatic heterocycles. The summed E-state index contributed by atoms with van der Waals surface area (Å²) < 4.78 is 0. The first-order valence-electron chi connectivity index (χ1n) is 14.3. The Morgan fingerprint density at radius 1 is 0.391 bits per heavy atom. The van der Waals surface area contributed by atoms with Crippen LogP contribution >= 0.6 is 0 Å². The fourth-order valence-corrected chi connectivity index (χ4v) is 3.06. The summed E-state index contributed by atoms with van der Waals surface area (Å²) in [7, 11) is 0. The van der Waals surface area contributed by atoms with Crippen LogP contribution in [0.4, 0.5) is 0 Å². The minimum absolute atomic E-state index is 0.0901. The molecule has 13 nitrogen and oxygen atoms in total. The van der Waals surface area contributed by atoms with E-state index in [9.17, 15) is 24.0 Å². The van der Waals surface area contributed by atoms with E-state index in [0.29, 0.717) is 0 Å². The highest BCUT2D eigenvalue weighted by Crippen LogP contribution is 2.24. The van der Waals surface area contributed by atoms with Crippen LogP contribution in [-0.4, -0.2) is 52.1 Å². The lowest BCUT2D eigenvalue weighted by molar-refractivity contribution is -0.302. The summed E-state index contributed by atoms with van der Waals surface area (Å²) in [6.07, 6.45) is 0. The molecule has 0 spiro atoms. The second-order valence-electron chi connectivity index (χ2n) is 14.1. The van der Waals surface area contributed by atoms with E-state index in [1.807, 2.05) is 0 Å². The maximum atomic E-state index is 13.7. The maximum Gasteiger partial charge on any atom is 0.374 e. The maximum absolute atomic E-state index is 13.7. The Kier molecular flexibility index (Phi) is 12.0. The molecular formula is C33H42O13. The van der Waals surface area contributed by atoms with E-state index < -0.39 is 52.1 Å². The Morgan fingerprint density at radius 3 is 0.870 bits per heavy atom. The Balaban J connectivity index is 2.57. The summed E-state index contributed by atoms with van der Waals surface area (Å²) in [6.45, 7) is 19.7. The first-order valence-corrected chi connectivity index (χ1v) is 14.3. The number of carbonyl (C=O) groups excluding carboxylic acids is 5. The van der Waals surface area contributed by atoms with Crippen molar-refractivity contribution < 1.29 is 63.1 Å². The zero-order valence-corrected chi connectivity index (χ0v) is 28.3. The van der Waals surface area contributed by atoms with Crippen molar-refractivity contribution in [1.29, 1.82) is 0 Å². The first-order chi connectivity index (χ1) is 20.9. The third kappa shape index (κ3) is 12.3. The van der Waals surface area contributed by atoms with Crippen LogP contribution in [0.1, 0.15) is 140 Å². The molecule has 0 radical (unpaired) electrons. The average molecular weight is 647 g/mol. The molecule has 0 saturated carbocycles. The smallest absolute Gasteiger partial charge is 0.292 e. The van der Waals surface area contributed by atoms with Crippen molar-refractivity contribution in [2.24, 2.45) is 0 Å². The third-order valence-corrected chi connectivity index (χ3v) is 4.91. The predicted molar refractivity (Wildman–Crippen MR) is 161 cm³/mol. The quantitative estimate of drug-likeness (QED) is 0.157.